The normalized spacial score (nSPS) is 14.7. The molecule has 0 atom stereocenters. The molecule has 2 heterocycles. The molecule has 1 saturated heterocycles. The number of piperidine rings is 1. The van der Waals surface area contributed by atoms with E-state index in [0.717, 1.165) is 31.5 Å². The minimum atomic E-state index is -0.366. The van der Waals surface area contributed by atoms with Gasteiger partial charge in [0.25, 0.3) is 0 Å². The molecule has 0 saturated carbocycles. The highest BCUT2D eigenvalue weighted by Gasteiger charge is 2.26. The molecule has 2 aromatic carbocycles. The van der Waals surface area contributed by atoms with Crippen molar-refractivity contribution in [2.75, 3.05) is 25.0 Å². The molecular formula is C25H28N4O4. The average molecular weight is 449 g/mol. The van der Waals surface area contributed by atoms with Crippen molar-refractivity contribution in [2.45, 2.75) is 33.2 Å². The van der Waals surface area contributed by atoms with Gasteiger partial charge >= 0.3 is 5.97 Å². The van der Waals surface area contributed by atoms with E-state index >= 15 is 0 Å². The molecule has 8 heteroatoms. The third kappa shape index (κ3) is 5.84. The van der Waals surface area contributed by atoms with Crippen LogP contribution in [-0.4, -0.2) is 46.6 Å². The fourth-order valence-electron chi connectivity index (χ4n) is 3.83. The molecule has 0 radical (unpaired) electrons. The number of rotatable bonds is 7. The average Bonchev–Trinajstić information content (AvgIpc) is 3.29. The third-order valence-electron chi connectivity index (χ3n) is 5.76. The van der Waals surface area contributed by atoms with Crippen LogP contribution in [0.2, 0.25) is 0 Å². The zero-order valence-electron chi connectivity index (χ0n) is 18.9. The number of aryl methyl sites for hydroxylation is 1. The summed E-state index contributed by atoms with van der Waals surface area (Å²) in [5.74, 6) is 0.744. The summed E-state index contributed by atoms with van der Waals surface area (Å²) in [6.45, 7) is 6.27. The van der Waals surface area contributed by atoms with Gasteiger partial charge in [0.2, 0.25) is 17.6 Å². The lowest BCUT2D eigenvalue weighted by Gasteiger charge is -2.30. The zero-order valence-corrected chi connectivity index (χ0v) is 18.9. The molecule has 1 amide bonds. The van der Waals surface area contributed by atoms with Crippen molar-refractivity contribution in [1.29, 1.82) is 0 Å². The number of esters is 1. The monoisotopic (exact) mass is 448 g/mol. The summed E-state index contributed by atoms with van der Waals surface area (Å²) in [7, 11) is 0. The first-order chi connectivity index (χ1) is 16.0. The van der Waals surface area contributed by atoms with Crippen LogP contribution in [0.3, 0.4) is 0 Å². The second-order valence-corrected chi connectivity index (χ2v) is 8.22. The van der Waals surface area contributed by atoms with Crippen LogP contribution in [-0.2, 0) is 16.1 Å². The molecule has 1 N–H and O–H groups in total. The maximum atomic E-state index is 12.7. The number of ether oxygens (including phenoxy) is 1. The summed E-state index contributed by atoms with van der Waals surface area (Å²) in [5, 5.41) is 7.04. The molecule has 0 unspecified atom stereocenters. The van der Waals surface area contributed by atoms with Crippen LogP contribution in [0, 0.1) is 12.8 Å². The Kier molecular flexibility index (Phi) is 7.14. The minimum Gasteiger partial charge on any atom is -0.462 e. The smallest absolute Gasteiger partial charge is 0.338 e. The number of amides is 1. The van der Waals surface area contributed by atoms with Crippen molar-refractivity contribution < 1.29 is 18.8 Å². The van der Waals surface area contributed by atoms with Crippen molar-refractivity contribution in [1.82, 2.24) is 15.0 Å². The van der Waals surface area contributed by atoms with E-state index in [4.69, 9.17) is 9.26 Å². The number of hydrogen-bond acceptors (Lipinski definition) is 7. The van der Waals surface area contributed by atoms with Gasteiger partial charge in [0, 0.05) is 17.2 Å². The Morgan fingerprint density at radius 2 is 1.79 bits per heavy atom. The quantitative estimate of drug-likeness (QED) is 0.544. The van der Waals surface area contributed by atoms with E-state index in [1.807, 2.05) is 31.2 Å². The van der Waals surface area contributed by atoms with Crippen LogP contribution in [0.5, 0.6) is 0 Å². The van der Waals surface area contributed by atoms with Crippen LogP contribution in [0.15, 0.2) is 53.1 Å². The SMILES string of the molecule is CCOC(=O)c1ccc(NC(=O)C2CCN(Cc3nc(-c4ccc(C)cc4)no3)CC2)cc1. The van der Waals surface area contributed by atoms with Gasteiger partial charge in [-0.05, 0) is 64.0 Å². The highest BCUT2D eigenvalue weighted by atomic mass is 16.5. The molecule has 1 aromatic heterocycles. The van der Waals surface area contributed by atoms with Crippen molar-refractivity contribution in [3.05, 3.63) is 65.5 Å². The highest BCUT2D eigenvalue weighted by molar-refractivity contribution is 5.94. The Labute approximate surface area is 192 Å². The lowest BCUT2D eigenvalue weighted by atomic mass is 9.96. The number of aromatic nitrogens is 2. The number of nitrogens with zero attached hydrogens (tertiary/aromatic N) is 3. The molecule has 4 rings (SSSR count). The highest BCUT2D eigenvalue weighted by Crippen LogP contribution is 2.22. The minimum absolute atomic E-state index is 0.00187. The van der Waals surface area contributed by atoms with E-state index in [0.29, 0.717) is 36.1 Å². The molecule has 8 nitrogen and oxygen atoms in total. The van der Waals surface area contributed by atoms with E-state index < -0.39 is 0 Å². The van der Waals surface area contributed by atoms with Gasteiger partial charge in [-0.2, -0.15) is 4.98 Å². The van der Waals surface area contributed by atoms with Gasteiger partial charge in [-0.25, -0.2) is 4.79 Å². The van der Waals surface area contributed by atoms with E-state index in [1.165, 1.54) is 5.56 Å². The van der Waals surface area contributed by atoms with Crippen LogP contribution < -0.4 is 5.32 Å². The summed E-state index contributed by atoms with van der Waals surface area (Å²) >= 11 is 0. The number of hydrogen-bond donors (Lipinski definition) is 1. The molecule has 33 heavy (non-hydrogen) atoms. The zero-order chi connectivity index (χ0) is 23.2. The van der Waals surface area contributed by atoms with Crippen molar-refractivity contribution >= 4 is 17.6 Å². The summed E-state index contributed by atoms with van der Waals surface area (Å²) in [4.78, 5) is 31.2. The first-order valence-electron chi connectivity index (χ1n) is 11.2. The van der Waals surface area contributed by atoms with E-state index in [2.05, 4.69) is 20.4 Å². The van der Waals surface area contributed by atoms with Gasteiger partial charge in [-0.15, -0.1) is 0 Å². The van der Waals surface area contributed by atoms with E-state index in [-0.39, 0.29) is 17.8 Å². The maximum absolute atomic E-state index is 12.7. The van der Waals surface area contributed by atoms with Crippen LogP contribution in [0.1, 0.15) is 41.6 Å². The largest absolute Gasteiger partial charge is 0.462 e. The lowest BCUT2D eigenvalue weighted by molar-refractivity contribution is -0.121. The van der Waals surface area contributed by atoms with Gasteiger partial charge in [0.1, 0.15) is 0 Å². The molecule has 1 aliphatic heterocycles. The topological polar surface area (TPSA) is 97.6 Å². The number of benzene rings is 2. The molecule has 0 spiro atoms. The molecule has 3 aromatic rings. The Hall–Kier alpha value is -3.52. The summed E-state index contributed by atoms with van der Waals surface area (Å²) in [6, 6.07) is 14.8. The number of carbonyl (C=O) groups excluding carboxylic acids is 2. The molecule has 172 valence electrons. The standard InChI is InChI=1S/C25H28N4O4/c1-3-32-25(31)20-8-10-21(11-9-20)26-24(30)19-12-14-29(15-13-19)16-22-27-23(28-33-22)18-6-4-17(2)5-7-18/h4-11,19H,3,12-16H2,1-2H3,(H,26,30). The molecule has 1 aliphatic rings. The van der Waals surface area contributed by atoms with E-state index in [1.54, 1.807) is 31.2 Å². The third-order valence-corrected chi connectivity index (χ3v) is 5.76. The van der Waals surface area contributed by atoms with Gasteiger partial charge in [0.05, 0.1) is 18.7 Å². The molecule has 0 aliphatic carbocycles. The van der Waals surface area contributed by atoms with Crippen LogP contribution >= 0.6 is 0 Å². The summed E-state index contributed by atoms with van der Waals surface area (Å²) in [5.41, 5.74) is 3.25. The Morgan fingerprint density at radius 3 is 2.45 bits per heavy atom. The molecule has 1 fully saturated rings. The Balaban J connectivity index is 1.25. The number of carbonyl (C=O) groups is 2. The first-order valence-corrected chi connectivity index (χ1v) is 11.2. The number of nitrogens with one attached hydrogen (secondary N) is 1. The van der Waals surface area contributed by atoms with E-state index in [9.17, 15) is 9.59 Å². The molecule has 0 bridgehead atoms. The summed E-state index contributed by atoms with van der Waals surface area (Å²) < 4.78 is 10.4. The van der Waals surface area contributed by atoms with Crippen LogP contribution in [0.25, 0.3) is 11.4 Å². The van der Waals surface area contributed by atoms with Crippen LogP contribution in [0.4, 0.5) is 5.69 Å². The Morgan fingerprint density at radius 1 is 1.09 bits per heavy atom. The van der Waals surface area contributed by atoms with Gasteiger partial charge in [-0.3, -0.25) is 9.69 Å². The fraction of sp³-hybridized carbons (Fsp3) is 0.360. The maximum Gasteiger partial charge on any atom is 0.338 e. The van der Waals surface area contributed by atoms with Gasteiger partial charge in [0.15, 0.2) is 0 Å². The summed E-state index contributed by atoms with van der Waals surface area (Å²) in [6.07, 6.45) is 1.51. The van der Waals surface area contributed by atoms with Crippen molar-refractivity contribution in [3.63, 3.8) is 0 Å². The number of anilines is 1. The second-order valence-electron chi connectivity index (χ2n) is 8.22. The lowest BCUT2D eigenvalue weighted by Crippen LogP contribution is -2.37. The van der Waals surface area contributed by atoms with Gasteiger partial charge < -0.3 is 14.6 Å². The fourth-order valence-corrected chi connectivity index (χ4v) is 3.83. The van der Waals surface area contributed by atoms with Crippen molar-refractivity contribution in [3.8, 4) is 11.4 Å². The van der Waals surface area contributed by atoms with Crippen molar-refractivity contribution in [2.24, 2.45) is 5.92 Å². The Bertz CT molecular complexity index is 1080. The number of likely N-dealkylation sites (tertiary alicyclic amines) is 1. The first kappa shape index (κ1) is 22.7. The second kappa shape index (κ2) is 10.4. The van der Waals surface area contributed by atoms with Gasteiger partial charge in [-0.1, -0.05) is 35.0 Å². The predicted molar refractivity (Wildman–Crippen MR) is 124 cm³/mol. The predicted octanol–water partition coefficient (Wildman–Crippen LogP) is 4.07. The molecular weight excluding hydrogens is 420 g/mol.